The van der Waals surface area contributed by atoms with Crippen molar-refractivity contribution < 1.29 is 10.0 Å². The third kappa shape index (κ3) is 4.17. The quantitative estimate of drug-likeness (QED) is 0.370. The molecule has 0 radical (unpaired) electrons. The Hall–Kier alpha value is -1.89. The van der Waals surface area contributed by atoms with Crippen LogP contribution in [0.25, 0.3) is 0 Å². The van der Waals surface area contributed by atoms with Crippen LogP contribution < -0.4 is 10.6 Å². The molecule has 1 aromatic heterocycles. The first kappa shape index (κ1) is 14.2. The summed E-state index contributed by atoms with van der Waals surface area (Å²) in [6, 6.07) is 3.01. The number of hydrogen-bond acceptors (Lipinski definition) is 6. The van der Waals surface area contributed by atoms with Gasteiger partial charge in [-0.2, -0.15) is 0 Å². The minimum absolute atomic E-state index is 0.0363. The molecule has 0 aromatic carbocycles. The van der Waals surface area contributed by atoms with Crippen LogP contribution in [0.3, 0.4) is 0 Å². The van der Waals surface area contributed by atoms with Crippen LogP contribution in [0, 0.1) is 10.1 Å². The average molecular weight is 254 g/mol. The first-order chi connectivity index (χ1) is 8.69. The van der Waals surface area contributed by atoms with E-state index in [4.69, 9.17) is 5.11 Å². The summed E-state index contributed by atoms with van der Waals surface area (Å²) >= 11 is 0. The maximum absolute atomic E-state index is 10.8. The molecule has 0 spiro atoms. The molecule has 100 valence electrons. The predicted octanol–water partition coefficient (Wildman–Crippen LogP) is 1.61. The van der Waals surface area contributed by atoms with Crippen LogP contribution in [0.5, 0.6) is 0 Å². The molecule has 0 bridgehead atoms. The highest BCUT2D eigenvalue weighted by Crippen LogP contribution is 2.23. The lowest BCUT2D eigenvalue weighted by molar-refractivity contribution is -0.384. The molecule has 7 nitrogen and oxygen atoms in total. The summed E-state index contributed by atoms with van der Waals surface area (Å²) in [7, 11) is 0. The minimum atomic E-state index is -0.474. The van der Waals surface area contributed by atoms with Crippen molar-refractivity contribution >= 4 is 17.3 Å². The fraction of sp³-hybridized carbons (Fsp3) is 0.545. The summed E-state index contributed by atoms with van der Waals surface area (Å²) in [4.78, 5) is 14.5. The molecule has 0 aliphatic heterocycles. The lowest BCUT2D eigenvalue weighted by Gasteiger charge is -2.08. The second-order valence-electron chi connectivity index (χ2n) is 3.75. The molecule has 0 aliphatic rings. The van der Waals surface area contributed by atoms with Crippen LogP contribution in [-0.4, -0.2) is 34.7 Å². The maximum Gasteiger partial charge on any atom is 0.311 e. The smallest absolute Gasteiger partial charge is 0.311 e. The van der Waals surface area contributed by atoms with Gasteiger partial charge in [-0.3, -0.25) is 10.1 Å². The van der Waals surface area contributed by atoms with E-state index >= 15 is 0 Å². The van der Waals surface area contributed by atoms with E-state index < -0.39 is 4.92 Å². The molecule has 1 aromatic rings. The monoisotopic (exact) mass is 254 g/mol. The maximum atomic E-state index is 10.8. The Morgan fingerprint density at radius 1 is 1.39 bits per heavy atom. The van der Waals surface area contributed by atoms with Gasteiger partial charge in [0.15, 0.2) is 0 Å². The van der Waals surface area contributed by atoms with Gasteiger partial charge < -0.3 is 15.7 Å². The van der Waals surface area contributed by atoms with Crippen LogP contribution >= 0.6 is 0 Å². The summed E-state index contributed by atoms with van der Waals surface area (Å²) in [6.07, 6.45) is 1.47. The fourth-order valence-electron chi connectivity index (χ4n) is 1.37. The van der Waals surface area contributed by atoms with Gasteiger partial charge in [0.05, 0.1) is 4.92 Å². The van der Waals surface area contributed by atoms with E-state index in [1.54, 1.807) is 6.07 Å². The van der Waals surface area contributed by atoms with Crippen molar-refractivity contribution in [2.75, 3.05) is 30.3 Å². The highest BCUT2D eigenvalue weighted by Gasteiger charge is 2.15. The van der Waals surface area contributed by atoms with E-state index in [0.717, 1.165) is 13.0 Å². The Kier molecular flexibility index (Phi) is 5.86. The van der Waals surface area contributed by atoms with Crippen LogP contribution in [0.4, 0.5) is 17.3 Å². The SMILES string of the molecule is CCCNc1ccc([N+](=O)[O-])c(NCCCO)n1. The number of anilines is 2. The Balaban J connectivity index is 2.82. The molecule has 0 unspecified atom stereocenters. The van der Waals surface area contributed by atoms with Gasteiger partial charge in [0.1, 0.15) is 5.82 Å². The van der Waals surface area contributed by atoms with Crippen molar-refractivity contribution in [2.45, 2.75) is 19.8 Å². The van der Waals surface area contributed by atoms with E-state index in [1.807, 2.05) is 6.92 Å². The molecule has 0 amide bonds. The van der Waals surface area contributed by atoms with E-state index in [1.165, 1.54) is 6.07 Å². The normalized spacial score (nSPS) is 10.1. The van der Waals surface area contributed by atoms with Crippen molar-refractivity contribution in [3.05, 3.63) is 22.2 Å². The Labute approximate surface area is 105 Å². The zero-order valence-corrected chi connectivity index (χ0v) is 10.3. The summed E-state index contributed by atoms with van der Waals surface area (Å²) in [5.41, 5.74) is -0.0602. The van der Waals surface area contributed by atoms with Gasteiger partial charge in [0.2, 0.25) is 5.82 Å². The van der Waals surface area contributed by atoms with Crippen molar-refractivity contribution in [2.24, 2.45) is 0 Å². The molecule has 0 fully saturated rings. The van der Waals surface area contributed by atoms with Gasteiger partial charge in [0.25, 0.3) is 0 Å². The molecule has 1 heterocycles. The highest BCUT2D eigenvalue weighted by atomic mass is 16.6. The minimum Gasteiger partial charge on any atom is -0.396 e. The van der Waals surface area contributed by atoms with Gasteiger partial charge in [-0.15, -0.1) is 0 Å². The summed E-state index contributed by atoms with van der Waals surface area (Å²) < 4.78 is 0. The molecule has 0 saturated carbocycles. The molecule has 0 atom stereocenters. The zero-order valence-electron chi connectivity index (χ0n) is 10.3. The van der Waals surface area contributed by atoms with Crippen molar-refractivity contribution in [3.63, 3.8) is 0 Å². The molecule has 0 aliphatic carbocycles. The number of nitro groups is 1. The van der Waals surface area contributed by atoms with Gasteiger partial charge >= 0.3 is 5.69 Å². The van der Waals surface area contributed by atoms with Crippen molar-refractivity contribution in [3.8, 4) is 0 Å². The number of aliphatic hydroxyl groups excluding tert-OH is 1. The number of aliphatic hydroxyl groups is 1. The molecule has 18 heavy (non-hydrogen) atoms. The van der Waals surface area contributed by atoms with E-state index in [0.29, 0.717) is 18.8 Å². The largest absolute Gasteiger partial charge is 0.396 e. The Morgan fingerprint density at radius 3 is 2.78 bits per heavy atom. The van der Waals surface area contributed by atoms with E-state index in [2.05, 4.69) is 15.6 Å². The topological polar surface area (TPSA) is 100 Å². The first-order valence-corrected chi connectivity index (χ1v) is 5.93. The fourth-order valence-corrected chi connectivity index (χ4v) is 1.37. The van der Waals surface area contributed by atoms with Crippen LogP contribution in [0.2, 0.25) is 0 Å². The first-order valence-electron chi connectivity index (χ1n) is 5.93. The third-order valence-electron chi connectivity index (χ3n) is 2.25. The lowest BCUT2D eigenvalue weighted by atomic mass is 10.3. The molecular formula is C11H18N4O3. The second kappa shape index (κ2) is 7.44. The lowest BCUT2D eigenvalue weighted by Crippen LogP contribution is -2.09. The van der Waals surface area contributed by atoms with Crippen molar-refractivity contribution in [1.82, 2.24) is 4.98 Å². The number of nitrogens with zero attached hydrogens (tertiary/aromatic N) is 2. The van der Waals surface area contributed by atoms with Gasteiger partial charge in [-0.05, 0) is 18.9 Å². The summed E-state index contributed by atoms with van der Waals surface area (Å²) in [6.45, 7) is 3.27. The van der Waals surface area contributed by atoms with Crippen LogP contribution in [-0.2, 0) is 0 Å². The number of hydrogen-bond donors (Lipinski definition) is 3. The van der Waals surface area contributed by atoms with Gasteiger partial charge in [-0.1, -0.05) is 6.92 Å². The zero-order chi connectivity index (χ0) is 13.4. The molecule has 7 heteroatoms. The predicted molar refractivity (Wildman–Crippen MR) is 69.9 cm³/mol. The summed E-state index contributed by atoms with van der Waals surface area (Å²) in [5.74, 6) is 0.837. The number of nitrogens with one attached hydrogen (secondary N) is 2. The third-order valence-corrected chi connectivity index (χ3v) is 2.25. The average Bonchev–Trinajstić information content (AvgIpc) is 2.36. The van der Waals surface area contributed by atoms with Crippen LogP contribution in [0.15, 0.2) is 12.1 Å². The second-order valence-corrected chi connectivity index (χ2v) is 3.75. The van der Waals surface area contributed by atoms with Crippen molar-refractivity contribution in [1.29, 1.82) is 0 Å². The van der Waals surface area contributed by atoms with E-state index in [9.17, 15) is 10.1 Å². The van der Waals surface area contributed by atoms with Gasteiger partial charge in [-0.25, -0.2) is 4.98 Å². The standard InChI is InChI=1S/C11H18N4O3/c1-2-6-12-10-5-4-9(15(17)18)11(14-10)13-7-3-8-16/h4-5,16H,2-3,6-8H2,1H3,(H2,12,13,14). The van der Waals surface area contributed by atoms with Crippen LogP contribution in [0.1, 0.15) is 19.8 Å². The number of pyridine rings is 1. The molecule has 1 rings (SSSR count). The van der Waals surface area contributed by atoms with Gasteiger partial charge in [0, 0.05) is 25.8 Å². The molecular weight excluding hydrogens is 236 g/mol. The molecule has 0 saturated heterocycles. The Morgan fingerprint density at radius 2 is 2.17 bits per heavy atom. The number of aromatic nitrogens is 1. The molecule has 3 N–H and O–H groups in total. The van der Waals surface area contributed by atoms with E-state index in [-0.39, 0.29) is 18.1 Å². The Bertz CT molecular complexity index is 398. The highest BCUT2D eigenvalue weighted by molar-refractivity contribution is 5.60. The number of rotatable bonds is 8. The summed E-state index contributed by atoms with van der Waals surface area (Å²) in [5, 5.41) is 25.5.